The SMILES string of the molecule is CC/C=C\C=C1/CN(CC2CC(Br)Cc3[nH]ccc32)/C(=C2\C[I-]2)N1C(CCC)CC(=O)O. The number of H-pyrrole nitrogens is 1. The summed E-state index contributed by atoms with van der Waals surface area (Å²) in [5, 5.41) is 9.66. The average Bonchev–Trinajstić information content (AvgIpc) is 3.35. The van der Waals surface area contributed by atoms with E-state index in [-0.39, 0.29) is 33.7 Å². The standard InChI is InChI=1S/C25H34BrIN3O2/c1-3-5-6-8-20-16-29(15-17-11-18(26)12-23-21(17)9-10-28-23)25(22-14-27-22)30(20)19(7-4-2)13-24(31)32/h5-6,8-10,17-19,28H,3-4,7,11-16H2,1-2H3,(H,31,32)/q-1/b6-5-,20-8+,25-22-. The molecule has 5 nitrogen and oxygen atoms in total. The van der Waals surface area contributed by atoms with Crippen LogP contribution in [0.4, 0.5) is 0 Å². The van der Waals surface area contributed by atoms with Crippen LogP contribution in [-0.2, 0) is 11.2 Å². The normalized spacial score (nSPS) is 27.7. The van der Waals surface area contributed by atoms with Gasteiger partial charge in [-0.15, -0.1) is 0 Å². The summed E-state index contributed by atoms with van der Waals surface area (Å²) in [5.74, 6) is 1.13. The molecule has 3 aliphatic rings. The summed E-state index contributed by atoms with van der Waals surface area (Å²) in [6.45, 7) is 6.17. The fourth-order valence-corrected chi connectivity index (χ4v) is 7.36. The zero-order valence-electron chi connectivity index (χ0n) is 19.0. The number of carboxylic acid groups (broad SMARTS) is 1. The fourth-order valence-electron chi connectivity index (χ4n) is 5.11. The molecule has 3 heterocycles. The van der Waals surface area contributed by atoms with Gasteiger partial charge in [-0.3, -0.25) is 0 Å². The number of nitrogens with zero attached hydrogens (tertiary/aromatic N) is 2. The van der Waals surface area contributed by atoms with E-state index in [0.29, 0.717) is 10.7 Å². The summed E-state index contributed by atoms with van der Waals surface area (Å²) in [7, 11) is 0. The molecule has 0 aromatic carbocycles. The number of carboxylic acids is 1. The second-order valence-electron chi connectivity index (χ2n) is 8.93. The molecule has 0 spiro atoms. The Morgan fingerprint density at radius 3 is 2.94 bits per heavy atom. The van der Waals surface area contributed by atoms with Gasteiger partial charge >= 0.3 is 211 Å². The van der Waals surface area contributed by atoms with E-state index < -0.39 is 5.97 Å². The van der Waals surface area contributed by atoms with Gasteiger partial charge in [0.05, 0.1) is 0 Å². The molecule has 4 rings (SSSR count). The van der Waals surface area contributed by atoms with Crippen molar-refractivity contribution in [1.82, 2.24) is 14.8 Å². The zero-order chi connectivity index (χ0) is 22.7. The number of hydrogen-bond acceptors (Lipinski definition) is 3. The van der Waals surface area contributed by atoms with E-state index in [9.17, 15) is 9.90 Å². The molecule has 1 aromatic rings. The van der Waals surface area contributed by atoms with E-state index in [1.165, 1.54) is 27.2 Å². The van der Waals surface area contributed by atoms with Crippen LogP contribution in [0.1, 0.15) is 63.1 Å². The third-order valence-corrected chi connectivity index (χ3v) is 9.18. The molecule has 1 aliphatic carbocycles. The molecule has 2 fully saturated rings. The van der Waals surface area contributed by atoms with Crippen molar-refractivity contribution >= 4 is 21.9 Å². The van der Waals surface area contributed by atoms with Gasteiger partial charge in [0.25, 0.3) is 0 Å². The Morgan fingerprint density at radius 1 is 1.44 bits per heavy atom. The quantitative estimate of drug-likeness (QED) is 0.331. The number of alkyl halides is 2. The monoisotopic (exact) mass is 614 g/mol. The Kier molecular flexibility index (Phi) is 8.08. The van der Waals surface area contributed by atoms with E-state index >= 15 is 0 Å². The molecule has 32 heavy (non-hydrogen) atoms. The summed E-state index contributed by atoms with van der Waals surface area (Å²) in [4.78, 5) is 20.7. The van der Waals surface area contributed by atoms with E-state index in [2.05, 4.69) is 75.1 Å². The minimum absolute atomic E-state index is 0.0222. The number of nitrogens with one attached hydrogen (secondary N) is 1. The molecule has 7 heteroatoms. The maximum atomic E-state index is 11.8. The Bertz CT molecular complexity index is 916. The molecule has 0 bridgehead atoms. The van der Waals surface area contributed by atoms with Crippen LogP contribution in [0.3, 0.4) is 0 Å². The van der Waals surface area contributed by atoms with Crippen LogP contribution in [0.25, 0.3) is 0 Å². The van der Waals surface area contributed by atoms with Gasteiger partial charge in [-0.05, 0) is 0 Å². The Balaban J connectivity index is 1.67. The van der Waals surface area contributed by atoms with Crippen LogP contribution in [0.2, 0.25) is 0 Å². The van der Waals surface area contributed by atoms with E-state index in [0.717, 1.165) is 45.2 Å². The second-order valence-corrected chi connectivity index (χ2v) is 13.0. The van der Waals surface area contributed by atoms with Gasteiger partial charge in [-0.2, -0.15) is 0 Å². The van der Waals surface area contributed by atoms with E-state index in [4.69, 9.17) is 0 Å². The van der Waals surface area contributed by atoms with Crippen molar-refractivity contribution in [3.8, 4) is 0 Å². The Labute approximate surface area is 210 Å². The summed E-state index contributed by atoms with van der Waals surface area (Å²) in [5.41, 5.74) is 4.08. The third-order valence-electron chi connectivity index (χ3n) is 6.47. The number of allylic oxidation sites excluding steroid dienone is 4. The van der Waals surface area contributed by atoms with Crippen molar-refractivity contribution < 1.29 is 31.1 Å². The fraction of sp³-hybridized carbons (Fsp3) is 0.560. The summed E-state index contributed by atoms with van der Waals surface area (Å²) >= 11 is 4.01. The van der Waals surface area contributed by atoms with Gasteiger partial charge < -0.3 is 0 Å². The van der Waals surface area contributed by atoms with Crippen molar-refractivity contribution in [3.05, 3.63) is 56.8 Å². The summed E-state index contributed by atoms with van der Waals surface area (Å²) in [6.07, 6.45) is 13.9. The molecule has 0 saturated carbocycles. The number of aromatic nitrogens is 1. The molecular formula is C25H34BrIN3O2-. The van der Waals surface area contributed by atoms with Gasteiger partial charge in [-0.25, -0.2) is 0 Å². The van der Waals surface area contributed by atoms with E-state index in [1.807, 2.05) is 0 Å². The van der Waals surface area contributed by atoms with Crippen LogP contribution in [-0.4, -0.2) is 54.2 Å². The number of hydrogen-bond donors (Lipinski definition) is 2. The Morgan fingerprint density at radius 2 is 2.25 bits per heavy atom. The molecule has 0 amide bonds. The van der Waals surface area contributed by atoms with E-state index in [1.54, 1.807) is 3.58 Å². The summed E-state index contributed by atoms with van der Waals surface area (Å²) in [6, 6.07) is 2.28. The van der Waals surface area contributed by atoms with Crippen LogP contribution < -0.4 is 21.2 Å². The molecule has 2 aliphatic heterocycles. The van der Waals surface area contributed by atoms with Crippen molar-refractivity contribution in [2.45, 2.75) is 69.2 Å². The molecule has 0 radical (unpaired) electrons. The van der Waals surface area contributed by atoms with Gasteiger partial charge in [0.1, 0.15) is 0 Å². The molecule has 176 valence electrons. The first-order valence-corrected chi connectivity index (χ1v) is 15.3. The zero-order valence-corrected chi connectivity index (χ0v) is 22.7. The topological polar surface area (TPSA) is 59.6 Å². The van der Waals surface area contributed by atoms with Gasteiger partial charge in [0.2, 0.25) is 0 Å². The van der Waals surface area contributed by atoms with Gasteiger partial charge in [0.15, 0.2) is 0 Å². The number of aliphatic carboxylic acids is 1. The van der Waals surface area contributed by atoms with Crippen molar-refractivity contribution in [2.24, 2.45) is 0 Å². The predicted octanol–water partition coefficient (Wildman–Crippen LogP) is 2.19. The number of carbonyl (C=O) groups is 1. The van der Waals surface area contributed by atoms with Crippen molar-refractivity contribution in [1.29, 1.82) is 0 Å². The van der Waals surface area contributed by atoms with Gasteiger partial charge in [0, 0.05) is 0 Å². The molecule has 3 atom stereocenters. The number of fused-ring (bicyclic) bond motifs is 1. The molecule has 2 N–H and O–H groups in total. The number of aromatic amines is 1. The number of halogens is 2. The molecule has 1 aromatic heterocycles. The van der Waals surface area contributed by atoms with Crippen LogP contribution >= 0.6 is 15.9 Å². The minimum atomic E-state index is -0.702. The third kappa shape index (κ3) is 5.46. The van der Waals surface area contributed by atoms with Crippen LogP contribution in [0.5, 0.6) is 0 Å². The second kappa shape index (κ2) is 10.8. The first-order chi connectivity index (χ1) is 15.5. The average molecular weight is 615 g/mol. The number of rotatable bonds is 9. The van der Waals surface area contributed by atoms with Crippen LogP contribution in [0, 0.1) is 0 Å². The van der Waals surface area contributed by atoms with Crippen molar-refractivity contribution in [2.75, 3.05) is 17.5 Å². The maximum absolute atomic E-state index is 11.8. The Hall–Kier alpha value is -1.22. The van der Waals surface area contributed by atoms with Crippen molar-refractivity contribution in [3.63, 3.8) is 0 Å². The molecular weight excluding hydrogens is 581 g/mol. The van der Waals surface area contributed by atoms with Crippen LogP contribution in [0.15, 0.2) is 45.6 Å². The summed E-state index contributed by atoms with van der Waals surface area (Å²) < 4.78 is 2.84. The predicted molar refractivity (Wildman–Crippen MR) is 128 cm³/mol. The first kappa shape index (κ1) is 23.9. The molecule has 3 unspecified atom stereocenters. The molecule has 2 saturated heterocycles. The first-order valence-electron chi connectivity index (χ1n) is 11.8. The van der Waals surface area contributed by atoms with Gasteiger partial charge in [-0.1, -0.05) is 0 Å².